The van der Waals surface area contributed by atoms with Crippen LogP contribution < -0.4 is 15.4 Å². The van der Waals surface area contributed by atoms with Crippen LogP contribution in [0.4, 0.5) is 11.4 Å². The second-order valence-electron chi connectivity index (χ2n) is 6.42. The van der Waals surface area contributed by atoms with Crippen LogP contribution in [-0.4, -0.2) is 19.1 Å². The molecule has 2 aromatic carbocycles. The molecule has 0 aliphatic carbocycles. The number of hydrogen-bond acceptors (Lipinski definition) is 3. The van der Waals surface area contributed by atoms with Gasteiger partial charge < -0.3 is 15.4 Å². The Morgan fingerprint density at radius 3 is 2.64 bits per heavy atom. The Morgan fingerprint density at radius 2 is 1.92 bits per heavy atom. The number of ether oxygens (including phenoxy) is 1. The van der Waals surface area contributed by atoms with Crippen LogP contribution in [0.2, 0.25) is 0 Å². The fraction of sp³-hybridized carbons (Fsp3) is 0.286. The Bertz CT molecular complexity index is 738. The molecule has 0 saturated heterocycles. The predicted octanol–water partition coefficient (Wildman–Crippen LogP) is 4.82. The van der Waals surface area contributed by atoms with Gasteiger partial charge in [0.15, 0.2) is 0 Å². The van der Waals surface area contributed by atoms with Crippen molar-refractivity contribution in [2.75, 3.05) is 23.8 Å². The van der Waals surface area contributed by atoms with Crippen LogP contribution in [0.1, 0.15) is 32.3 Å². The van der Waals surface area contributed by atoms with Crippen molar-refractivity contribution < 1.29 is 9.53 Å². The molecule has 2 rings (SSSR count). The van der Waals surface area contributed by atoms with E-state index in [-0.39, 0.29) is 12.5 Å². The maximum atomic E-state index is 12.2. The third kappa shape index (κ3) is 5.99. The average Bonchev–Trinajstić information content (AvgIpc) is 2.58. The summed E-state index contributed by atoms with van der Waals surface area (Å²) in [6, 6.07) is 15.4. The van der Waals surface area contributed by atoms with Gasteiger partial charge in [-0.2, -0.15) is 0 Å². The Hall–Kier alpha value is -2.75. The van der Waals surface area contributed by atoms with E-state index in [1.165, 1.54) is 5.56 Å². The molecule has 0 radical (unpaired) electrons. The first-order valence-electron chi connectivity index (χ1n) is 8.45. The lowest BCUT2D eigenvalue weighted by Crippen LogP contribution is -2.22. The number of carbonyl (C=O) groups excluding carboxylic acids is 1. The van der Waals surface area contributed by atoms with Gasteiger partial charge in [0, 0.05) is 17.4 Å². The number of rotatable bonds is 8. The summed E-state index contributed by atoms with van der Waals surface area (Å²) < 4.78 is 5.59. The lowest BCUT2D eigenvalue weighted by Gasteiger charge is -2.14. The van der Waals surface area contributed by atoms with Gasteiger partial charge in [0.05, 0.1) is 6.54 Å². The van der Waals surface area contributed by atoms with Crippen LogP contribution in [0.5, 0.6) is 5.75 Å². The molecule has 0 spiro atoms. The van der Waals surface area contributed by atoms with Crippen LogP contribution in [0.3, 0.4) is 0 Å². The van der Waals surface area contributed by atoms with Crippen molar-refractivity contribution in [1.29, 1.82) is 0 Å². The van der Waals surface area contributed by atoms with Crippen molar-refractivity contribution in [2.45, 2.75) is 26.7 Å². The summed E-state index contributed by atoms with van der Waals surface area (Å²) in [6.45, 7) is 10.7. The van der Waals surface area contributed by atoms with Gasteiger partial charge in [0.2, 0.25) is 5.91 Å². The predicted molar refractivity (Wildman–Crippen MR) is 104 cm³/mol. The lowest BCUT2D eigenvalue weighted by atomic mass is 10.0. The molecule has 0 unspecified atom stereocenters. The Morgan fingerprint density at radius 1 is 1.16 bits per heavy atom. The molecule has 0 saturated carbocycles. The number of para-hydroxylation sites is 1. The van der Waals surface area contributed by atoms with E-state index in [9.17, 15) is 4.79 Å². The molecule has 0 aromatic heterocycles. The maximum absolute atomic E-state index is 12.2. The Balaban J connectivity index is 1.92. The van der Waals surface area contributed by atoms with Gasteiger partial charge in [-0.15, -0.1) is 0 Å². The highest BCUT2D eigenvalue weighted by molar-refractivity contribution is 5.94. The summed E-state index contributed by atoms with van der Waals surface area (Å²) in [4.78, 5) is 12.2. The standard InChI is InChI=1S/C21H26N2O2/c1-15(2)14-25-18-9-7-8-17(12-18)23-21(24)13-22-20-11-6-5-10-19(20)16(3)4/h5-12,16,22H,1,13-14H2,2-4H3,(H,23,24). The van der Waals surface area contributed by atoms with Crippen molar-refractivity contribution in [1.82, 2.24) is 0 Å². The molecule has 25 heavy (non-hydrogen) atoms. The summed E-state index contributed by atoms with van der Waals surface area (Å²) in [5, 5.41) is 6.10. The van der Waals surface area contributed by atoms with Crippen molar-refractivity contribution in [3.8, 4) is 5.75 Å². The molecule has 1 amide bonds. The third-order valence-corrected chi connectivity index (χ3v) is 3.63. The highest BCUT2D eigenvalue weighted by Crippen LogP contribution is 2.23. The van der Waals surface area contributed by atoms with Crippen molar-refractivity contribution >= 4 is 17.3 Å². The van der Waals surface area contributed by atoms with Crippen LogP contribution >= 0.6 is 0 Å². The molecular weight excluding hydrogens is 312 g/mol. The zero-order valence-electron chi connectivity index (χ0n) is 15.1. The fourth-order valence-corrected chi connectivity index (χ4v) is 2.41. The highest BCUT2D eigenvalue weighted by atomic mass is 16.5. The van der Waals surface area contributed by atoms with Gasteiger partial charge in [-0.3, -0.25) is 4.79 Å². The molecule has 0 aliphatic rings. The molecule has 132 valence electrons. The molecule has 4 nitrogen and oxygen atoms in total. The van der Waals surface area contributed by atoms with Crippen molar-refractivity contribution in [3.05, 3.63) is 66.2 Å². The van der Waals surface area contributed by atoms with E-state index in [4.69, 9.17) is 4.74 Å². The summed E-state index contributed by atoms with van der Waals surface area (Å²) in [6.07, 6.45) is 0. The molecule has 4 heteroatoms. The fourth-order valence-electron chi connectivity index (χ4n) is 2.41. The first kappa shape index (κ1) is 18.6. The summed E-state index contributed by atoms with van der Waals surface area (Å²) in [5.74, 6) is 1.00. The van der Waals surface area contributed by atoms with E-state index in [2.05, 4.69) is 37.1 Å². The molecule has 0 fully saturated rings. The number of nitrogens with one attached hydrogen (secondary N) is 2. The Labute approximate surface area is 149 Å². The van der Waals surface area contributed by atoms with Gasteiger partial charge in [-0.05, 0) is 42.2 Å². The first-order chi connectivity index (χ1) is 12.0. The molecule has 0 atom stereocenters. The molecule has 0 bridgehead atoms. The topological polar surface area (TPSA) is 50.4 Å². The van der Waals surface area contributed by atoms with Crippen molar-refractivity contribution in [2.24, 2.45) is 0 Å². The third-order valence-electron chi connectivity index (χ3n) is 3.63. The minimum Gasteiger partial charge on any atom is -0.489 e. The monoisotopic (exact) mass is 338 g/mol. The minimum atomic E-state index is -0.101. The van der Waals surface area contributed by atoms with E-state index in [0.29, 0.717) is 24.0 Å². The van der Waals surface area contributed by atoms with Gasteiger partial charge in [0.25, 0.3) is 0 Å². The molecule has 0 heterocycles. The van der Waals surface area contributed by atoms with Gasteiger partial charge in [-0.25, -0.2) is 0 Å². The zero-order chi connectivity index (χ0) is 18.2. The maximum Gasteiger partial charge on any atom is 0.243 e. The van der Waals surface area contributed by atoms with Gasteiger partial charge >= 0.3 is 0 Å². The van der Waals surface area contributed by atoms with Crippen LogP contribution in [0.25, 0.3) is 0 Å². The summed E-state index contributed by atoms with van der Waals surface area (Å²) in [5.41, 5.74) is 3.85. The summed E-state index contributed by atoms with van der Waals surface area (Å²) in [7, 11) is 0. The smallest absolute Gasteiger partial charge is 0.243 e. The number of carbonyl (C=O) groups is 1. The molecule has 0 aliphatic heterocycles. The largest absolute Gasteiger partial charge is 0.489 e. The van der Waals surface area contributed by atoms with E-state index in [0.717, 1.165) is 11.3 Å². The number of anilines is 2. The number of amides is 1. The lowest BCUT2D eigenvalue weighted by molar-refractivity contribution is -0.114. The van der Waals surface area contributed by atoms with Crippen molar-refractivity contribution in [3.63, 3.8) is 0 Å². The normalized spacial score (nSPS) is 10.4. The van der Waals surface area contributed by atoms with Crippen LogP contribution in [0.15, 0.2) is 60.7 Å². The van der Waals surface area contributed by atoms with Crippen LogP contribution in [-0.2, 0) is 4.79 Å². The minimum absolute atomic E-state index is 0.101. The molecule has 2 aromatic rings. The highest BCUT2D eigenvalue weighted by Gasteiger charge is 2.08. The average molecular weight is 338 g/mol. The SMILES string of the molecule is C=C(C)COc1cccc(NC(=O)CNc2ccccc2C(C)C)c1. The van der Waals surface area contributed by atoms with E-state index >= 15 is 0 Å². The van der Waals surface area contributed by atoms with E-state index in [1.54, 1.807) is 0 Å². The molecular formula is C21H26N2O2. The first-order valence-corrected chi connectivity index (χ1v) is 8.45. The van der Waals surface area contributed by atoms with E-state index in [1.807, 2.05) is 49.4 Å². The summed E-state index contributed by atoms with van der Waals surface area (Å²) >= 11 is 0. The van der Waals surface area contributed by atoms with Gasteiger partial charge in [-0.1, -0.05) is 44.7 Å². The second-order valence-corrected chi connectivity index (χ2v) is 6.42. The van der Waals surface area contributed by atoms with Gasteiger partial charge in [0.1, 0.15) is 12.4 Å². The zero-order valence-corrected chi connectivity index (χ0v) is 15.1. The Kier molecular flexibility index (Phi) is 6.63. The number of benzene rings is 2. The quantitative estimate of drug-likeness (QED) is 0.679. The molecule has 2 N–H and O–H groups in total. The van der Waals surface area contributed by atoms with E-state index < -0.39 is 0 Å². The second kappa shape index (κ2) is 8.92. The number of hydrogen-bond donors (Lipinski definition) is 2. The van der Waals surface area contributed by atoms with Crippen LogP contribution in [0, 0.1) is 0 Å².